The van der Waals surface area contributed by atoms with Gasteiger partial charge in [-0.1, -0.05) is 25.1 Å². The van der Waals surface area contributed by atoms with Gasteiger partial charge in [-0.3, -0.25) is 14.6 Å². The van der Waals surface area contributed by atoms with Crippen LogP contribution >= 0.6 is 11.3 Å². The van der Waals surface area contributed by atoms with Gasteiger partial charge in [-0.25, -0.2) is 0 Å². The first-order valence-corrected chi connectivity index (χ1v) is 10.5. The van der Waals surface area contributed by atoms with Crippen molar-refractivity contribution in [2.24, 2.45) is 0 Å². The van der Waals surface area contributed by atoms with E-state index in [0.717, 1.165) is 44.9 Å². The smallest absolute Gasteiger partial charge is 0.234 e. The molecule has 6 heteroatoms. The van der Waals surface area contributed by atoms with Crippen molar-refractivity contribution in [1.29, 1.82) is 0 Å². The van der Waals surface area contributed by atoms with Crippen LogP contribution in [-0.2, 0) is 17.8 Å². The second-order valence-corrected chi connectivity index (χ2v) is 8.03. The first-order chi connectivity index (χ1) is 13.2. The van der Waals surface area contributed by atoms with Crippen molar-refractivity contribution < 1.29 is 9.53 Å². The third-order valence-electron chi connectivity index (χ3n) is 4.78. The summed E-state index contributed by atoms with van der Waals surface area (Å²) in [5.74, 6) is 1.03. The summed E-state index contributed by atoms with van der Waals surface area (Å²) in [6.45, 7) is 8.72. The van der Waals surface area contributed by atoms with Crippen LogP contribution < -0.4 is 10.1 Å². The fourth-order valence-corrected chi connectivity index (χ4v) is 4.03. The fraction of sp³-hybridized carbons (Fsp3) is 0.476. The number of amides is 1. The van der Waals surface area contributed by atoms with E-state index in [1.165, 1.54) is 9.75 Å². The van der Waals surface area contributed by atoms with E-state index in [2.05, 4.69) is 34.2 Å². The van der Waals surface area contributed by atoms with Crippen molar-refractivity contribution in [3.8, 4) is 5.75 Å². The third-order valence-corrected chi connectivity index (χ3v) is 6.01. The lowest BCUT2D eigenvalue weighted by Gasteiger charge is -2.34. The largest absolute Gasteiger partial charge is 0.492 e. The van der Waals surface area contributed by atoms with E-state index in [9.17, 15) is 4.79 Å². The molecule has 0 radical (unpaired) electrons. The number of hydrogen-bond acceptors (Lipinski definition) is 5. The van der Waals surface area contributed by atoms with Crippen LogP contribution in [0.3, 0.4) is 0 Å². The molecule has 1 amide bonds. The Morgan fingerprint density at radius 1 is 1.04 bits per heavy atom. The second-order valence-electron chi connectivity index (χ2n) is 6.78. The first-order valence-electron chi connectivity index (χ1n) is 9.70. The Kier molecular flexibility index (Phi) is 7.68. The highest BCUT2D eigenvalue weighted by molar-refractivity contribution is 7.11. The lowest BCUT2D eigenvalue weighted by atomic mass is 10.3. The Hall–Kier alpha value is -1.89. The van der Waals surface area contributed by atoms with E-state index >= 15 is 0 Å². The normalized spacial score (nSPS) is 15.6. The number of para-hydroxylation sites is 1. The van der Waals surface area contributed by atoms with Crippen LogP contribution in [0.4, 0.5) is 0 Å². The molecule has 1 aromatic carbocycles. The van der Waals surface area contributed by atoms with E-state index in [4.69, 9.17) is 4.74 Å². The highest BCUT2D eigenvalue weighted by atomic mass is 32.1. The molecule has 0 aliphatic carbocycles. The topological polar surface area (TPSA) is 44.8 Å². The van der Waals surface area contributed by atoms with E-state index < -0.39 is 0 Å². The maximum atomic E-state index is 12.2. The van der Waals surface area contributed by atoms with Crippen molar-refractivity contribution >= 4 is 17.2 Å². The molecule has 0 saturated carbocycles. The van der Waals surface area contributed by atoms with Crippen LogP contribution in [0.2, 0.25) is 0 Å². The number of nitrogens with zero attached hydrogens (tertiary/aromatic N) is 2. The van der Waals surface area contributed by atoms with Gasteiger partial charge in [-0.15, -0.1) is 11.3 Å². The van der Waals surface area contributed by atoms with E-state index in [1.807, 2.05) is 30.3 Å². The summed E-state index contributed by atoms with van der Waals surface area (Å²) in [6, 6.07) is 14.2. The van der Waals surface area contributed by atoms with Crippen molar-refractivity contribution in [2.75, 3.05) is 45.9 Å². The Balaban J connectivity index is 1.29. The Bertz CT molecular complexity index is 696. The molecule has 0 bridgehead atoms. The van der Waals surface area contributed by atoms with Crippen molar-refractivity contribution in [1.82, 2.24) is 15.1 Å². The molecular weight excluding hydrogens is 358 g/mol. The zero-order valence-corrected chi connectivity index (χ0v) is 16.8. The van der Waals surface area contributed by atoms with Crippen LogP contribution in [0, 0.1) is 0 Å². The molecule has 3 rings (SSSR count). The quantitative estimate of drug-likeness (QED) is 0.718. The summed E-state index contributed by atoms with van der Waals surface area (Å²) in [5, 5.41) is 3.04. The summed E-state index contributed by atoms with van der Waals surface area (Å²) in [7, 11) is 0. The van der Waals surface area contributed by atoms with Crippen molar-refractivity contribution in [2.45, 2.75) is 19.9 Å². The van der Waals surface area contributed by atoms with Crippen LogP contribution in [0.5, 0.6) is 5.75 Å². The number of piperazine rings is 1. The first kappa shape index (κ1) is 19.9. The van der Waals surface area contributed by atoms with Crippen molar-refractivity contribution in [3.05, 3.63) is 52.2 Å². The summed E-state index contributed by atoms with van der Waals surface area (Å²) in [5.41, 5.74) is 0. The molecule has 1 aromatic heterocycles. The van der Waals surface area contributed by atoms with Gasteiger partial charge in [0.05, 0.1) is 13.1 Å². The van der Waals surface area contributed by atoms with Gasteiger partial charge in [-0.05, 0) is 30.7 Å². The monoisotopic (exact) mass is 387 g/mol. The van der Waals surface area contributed by atoms with Crippen LogP contribution in [-0.4, -0.2) is 61.6 Å². The standard InChI is InChI=1S/C21H29N3O2S/c1-2-19-8-9-20(27-19)16-22-21(25)17-24-12-10-23(11-13-24)14-15-26-18-6-4-3-5-7-18/h3-9H,2,10-17H2,1H3,(H,22,25). The third kappa shape index (κ3) is 6.65. The van der Waals surface area contributed by atoms with Crippen LogP contribution in [0.25, 0.3) is 0 Å². The van der Waals surface area contributed by atoms with E-state index in [0.29, 0.717) is 19.7 Å². The molecule has 27 heavy (non-hydrogen) atoms. The molecule has 5 nitrogen and oxygen atoms in total. The molecule has 1 aliphatic rings. The Labute approximate surface area is 165 Å². The van der Waals surface area contributed by atoms with Gasteiger partial charge in [0.2, 0.25) is 5.91 Å². The minimum Gasteiger partial charge on any atom is -0.492 e. The van der Waals surface area contributed by atoms with E-state index in [-0.39, 0.29) is 5.91 Å². The average molecular weight is 388 g/mol. The lowest BCUT2D eigenvalue weighted by molar-refractivity contribution is -0.122. The van der Waals surface area contributed by atoms with Gasteiger partial charge in [0.1, 0.15) is 12.4 Å². The maximum absolute atomic E-state index is 12.2. The zero-order valence-electron chi connectivity index (χ0n) is 16.0. The molecule has 1 N–H and O–H groups in total. The summed E-state index contributed by atoms with van der Waals surface area (Å²) < 4.78 is 5.77. The molecule has 0 atom stereocenters. The highest BCUT2D eigenvalue weighted by Gasteiger charge is 2.18. The summed E-state index contributed by atoms with van der Waals surface area (Å²) in [4.78, 5) is 19.4. The number of thiophene rings is 1. The Morgan fingerprint density at radius 3 is 2.44 bits per heavy atom. The van der Waals surface area contributed by atoms with Gasteiger partial charge >= 0.3 is 0 Å². The van der Waals surface area contributed by atoms with Crippen LogP contribution in [0.1, 0.15) is 16.7 Å². The molecule has 2 aromatic rings. The fourth-order valence-electron chi connectivity index (χ4n) is 3.13. The maximum Gasteiger partial charge on any atom is 0.234 e. The number of carbonyl (C=O) groups excluding carboxylic acids is 1. The number of nitrogens with one attached hydrogen (secondary N) is 1. The van der Waals surface area contributed by atoms with Crippen molar-refractivity contribution in [3.63, 3.8) is 0 Å². The molecular formula is C21H29N3O2S. The lowest BCUT2D eigenvalue weighted by Crippen LogP contribution is -2.50. The molecule has 1 fully saturated rings. The summed E-state index contributed by atoms with van der Waals surface area (Å²) in [6.07, 6.45) is 1.05. The highest BCUT2D eigenvalue weighted by Crippen LogP contribution is 2.16. The zero-order chi connectivity index (χ0) is 18.9. The predicted molar refractivity (Wildman–Crippen MR) is 110 cm³/mol. The van der Waals surface area contributed by atoms with Gasteiger partial charge < -0.3 is 10.1 Å². The molecule has 0 unspecified atom stereocenters. The molecule has 0 spiro atoms. The summed E-state index contributed by atoms with van der Waals surface area (Å²) >= 11 is 1.78. The van der Waals surface area contributed by atoms with Gasteiger partial charge in [0, 0.05) is 42.5 Å². The number of rotatable bonds is 9. The molecule has 1 saturated heterocycles. The number of carbonyl (C=O) groups is 1. The van der Waals surface area contributed by atoms with Crippen LogP contribution in [0.15, 0.2) is 42.5 Å². The number of benzene rings is 1. The number of hydrogen-bond donors (Lipinski definition) is 1. The minimum atomic E-state index is 0.113. The Morgan fingerprint density at radius 2 is 1.74 bits per heavy atom. The second kappa shape index (κ2) is 10.4. The number of ether oxygens (including phenoxy) is 1. The number of aryl methyl sites for hydroxylation is 1. The SMILES string of the molecule is CCc1ccc(CNC(=O)CN2CCN(CCOc3ccccc3)CC2)s1. The average Bonchev–Trinajstić information content (AvgIpc) is 3.17. The van der Waals surface area contributed by atoms with Gasteiger partial charge in [0.15, 0.2) is 0 Å². The van der Waals surface area contributed by atoms with Gasteiger partial charge in [0.25, 0.3) is 0 Å². The molecule has 1 aliphatic heterocycles. The molecule has 146 valence electrons. The van der Waals surface area contributed by atoms with E-state index in [1.54, 1.807) is 11.3 Å². The molecule has 2 heterocycles. The van der Waals surface area contributed by atoms with Gasteiger partial charge in [-0.2, -0.15) is 0 Å². The minimum absolute atomic E-state index is 0.113. The predicted octanol–water partition coefficient (Wildman–Crippen LogP) is 2.62.